The first kappa shape index (κ1) is 18.4. The number of rotatable bonds is 9. The Morgan fingerprint density at radius 3 is 2.57 bits per heavy atom. The fraction of sp³-hybridized carbons (Fsp3) is 0.938. The van der Waals surface area contributed by atoms with Gasteiger partial charge in [0.15, 0.2) is 0 Å². The lowest BCUT2D eigenvalue weighted by Gasteiger charge is -2.35. The van der Waals surface area contributed by atoms with Crippen molar-refractivity contribution in [2.75, 3.05) is 32.8 Å². The van der Waals surface area contributed by atoms with E-state index in [0.29, 0.717) is 18.4 Å². The van der Waals surface area contributed by atoms with Crippen molar-refractivity contribution in [2.45, 2.75) is 58.5 Å². The molecule has 1 heterocycles. The number of ether oxygens (including phenoxy) is 1. The van der Waals surface area contributed by atoms with Crippen LogP contribution in [0.5, 0.6) is 0 Å². The molecule has 124 valence electrons. The van der Waals surface area contributed by atoms with Gasteiger partial charge in [-0.1, -0.05) is 27.2 Å². The smallest absolute Gasteiger partial charge is 0.221 e. The SMILES string of the molecule is CCCC(N)CC(=O)NCC(CC(C)C)N1CCOCC1. The van der Waals surface area contributed by atoms with E-state index in [-0.39, 0.29) is 11.9 Å². The Balaban J connectivity index is 2.39. The molecule has 0 spiro atoms. The highest BCUT2D eigenvalue weighted by Crippen LogP contribution is 2.13. The number of nitrogens with zero attached hydrogens (tertiary/aromatic N) is 1. The van der Waals surface area contributed by atoms with Gasteiger partial charge in [-0.25, -0.2) is 0 Å². The zero-order valence-electron chi connectivity index (χ0n) is 13.9. The van der Waals surface area contributed by atoms with Crippen LogP contribution in [-0.2, 0) is 9.53 Å². The van der Waals surface area contributed by atoms with Crippen LogP contribution in [0.15, 0.2) is 0 Å². The number of hydrogen-bond donors (Lipinski definition) is 2. The van der Waals surface area contributed by atoms with Gasteiger partial charge in [0, 0.05) is 38.1 Å². The van der Waals surface area contributed by atoms with Gasteiger partial charge < -0.3 is 15.8 Å². The van der Waals surface area contributed by atoms with E-state index in [9.17, 15) is 4.79 Å². The minimum Gasteiger partial charge on any atom is -0.379 e. The monoisotopic (exact) mass is 299 g/mol. The Hall–Kier alpha value is -0.650. The van der Waals surface area contributed by atoms with Crippen LogP contribution in [0.2, 0.25) is 0 Å². The number of nitrogens with one attached hydrogen (secondary N) is 1. The second kappa shape index (κ2) is 10.1. The number of hydrogen-bond acceptors (Lipinski definition) is 4. The van der Waals surface area contributed by atoms with E-state index in [1.54, 1.807) is 0 Å². The predicted octanol–water partition coefficient (Wildman–Crippen LogP) is 1.37. The van der Waals surface area contributed by atoms with Crippen LogP contribution >= 0.6 is 0 Å². The third-order valence-corrected chi connectivity index (χ3v) is 3.95. The predicted molar refractivity (Wildman–Crippen MR) is 86.1 cm³/mol. The minimum atomic E-state index is -0.0121. The van der Waals surface area contributed by atoms with Crippen LogP contribution in [0.3, 0.4) is 0 Å². The van der Waals surface area contributed by atoms with Gasteiger partial charge >= 0.3 is 0 Å². The molecule has 1 saturated heterocycles. The van der Waals surface area contributed by atoms with E-state index < -0.39 is 0 Å². The van der Waals surface area contributed by atoms with Crippen molar-refractivity contribution in [1.29, 1.82) is 0 Å². The molecule has 0 aromatic heterocycles. The second-order valence-corrected chi connectivity index (χ2v) is 6.49. The number of nitrogens with two attached hydrogens (primary N) is 1. The Kier molecular flexibility index (Phi) is 8.88. The standard InChI is InChI=1S/C16H33N3O2/c1-4-5-14(17)11-16(20)18-12-15(10-13(2)3)19-6-8-21-9-7-19/h13-15H,4-12,17H2,1-3H3,(H,18,20). The van der Waals surface area contributed by atoms with Gasteiger partial charge in [0.25, 0.3) is 0 Å². The summed E-state index contributed by atoms with van der Waals surface area (Å²) in [6.07, 6.45) is 3.47. The molecule has 1 aliphatic rings. The van der Waals surface area contributed by atoms with Crippen molar-refractivity contribution in [3.8, 4) is 0 Å². The summed E-state index contributed by atoms with van der Waals surface area (Å²) in [6.45, 7) is 10.8. The largest absolute Gasteiger partial charge is 0.379 e. The lowest BCUT2D eigenvalue weighted by molar-refractivity contribution is -0.121. The van der Waals surface area contributed by atoms with Crippen molar-refractivity contribution in [3.63, 3.8) is 0 Å². The molecule has 2 unspecified atom stereocenters. The zero-order chi connectivity index (χ0) is 15.7. The topological polar surface area (TPSA) is 67.6 Å². The quantitative estimate of drug-likeness (QED) is 0.675. The summed E-state index contributed by atoms with van der Waals surface area (Å²) in [5.74, 6) is 0.704. The van der Waals surface area contributed by atoms with E-state index in [4.69, 9.17) is 10.5 Å². The van der Waals surface area contributed by atoms with Crippen molar-refractivity contribution < 1.29 is 9.53 Å². The molecule has 1 amide bonds. The summed E-state index contributed by atoms with van der Waals surface area (Å²) >= 11 is 0. The van der Waals surface area contributed by atoms with Gasteiger partial charge in [-0.2, -0.15) is 0 Å². The van der Waals surface area contributed by atoms with Crippen LogP contribution in [0.1, 0.15) is 46.5 Å². The summed E-state index contributed by atoms with van der Waals surface area (Å²) in [4.78, 5) is 14.4. The third kappa shape index (κ3) is 7.79. The first-order valence-electron chi connectivity index (χ1n) is 8.37. The highest BCUT2D eigenvalue weighted by atomic mass is 16.5. The first-order valence-corrected chi connectivity index (χ1v) is 8.37. The Labute approximate surface area is 129 Å². The molecule has 1 aliphatic heterocycles. The van der Waals surface area contributed by atoms with Gasteiger partial charge in [0.05, 0.1) is 13.2 Å². The molecule has 0 saturated carbocycles. The molecule has 0 bridgehead atoms. The summed E-state index contributed by atoms with van der Waals surface area (Å²) in [7, 11) is 0. The number of carbonyl (C=O) groups is 1. The fourth-order valence-corrected chi connectivity index (χ4v) is 2.86. The van der Waals surface area contributed by atoms with E-state index in [1.807, 2.05) is 0 Å². The summed E-state index contributed by atoms with van der Waals surface area (Å²) in [5.41, 5.74) is 5.93. The molecule has 0 aliphatic carbocycles. The molecule has 0 aromatic rings. The molecule has 5 nitrogen and oxygen atoms in total. The van der Waals surface area contributed by atoms with Crippen LogP contribution in [-0.4, -0.2) is 55.7 Å². The molecule has 2 atom stereocenters. The number of amides is 1. The van der Waals surface area contributed by atoms with Crippen LogP contribution in [0, 0.1) is 5.92 Å². The van der Waals surface area contributed by atoms with Gasteiger partial charge in [-0.15, -0.1) is 0 Å². The first-order chi connectivity index (χ1) is 10.0. The Morgan fingerprint density at radius 2 is 2.00 bits per heavy atom. The van der Waals surface area contributed by atoms with Gasteiger partial charge in [-0.05, 0) is 18.8 Å². The van der Waals surface area contributed by atoms with Crippen LogP contribution in [0.25, 0.3) is 0 Å². The molecular formula is C16H33N3O2. The van der Waals surface area contributed by atoms with E-state index in [1.165, 1.54) is 0 Å². The van der Waals surface area contributed by atoms with Crippen molar-refractivity contribution >= 4 is 5.91 Å². The average Bonchev–Trinajstić information content (AvgIpc) is 2.44. The molecular weight excluding hydrogens is 266 g/mol. The molecule has 3 N–H and O–H groups in total. The normalized spacial score (nSPS) is 19.5. The van der Waals surface area contributed by atoms with Crippen LogP contribution < -0.4 is 11.1 Å². The third-order valence-electron chi connectivity index (χ3n) is 3.95. The Morgan fingerprint density at radius 1 is 1.33 bits per heavy atom. The molecule has 5 heteroatoms. The number of carbonyl (C=O) groups excluding carboxylic acids is 1. The van der Waals surface area contributed by atoms with Crippen LogP contribution in [0.4, 0.5) is 0 Å². The van der Waals surface area contributed by atoms with Crippen molar-refractivity contribution in [2.24, 2.45) is 11.7 Å². The highest BCUT2D eigenvalue weighted by molar-refractivity contribution is 5.76. The average molecular weight is 299 g/mol. The van der Waals surface area contributed by atoms with Crippen molar-refractivity contribution in [3.05, 3.63) is 0 Å². The van der Waals surface area contributed by atoms with Gasteiger partial charge in [0.2, 0.25) is 5.91 Å². The molecule has 0 aromatic carbocycles. The lowest BCUT2D eigenvalue weighted by Crippen LogP contribution is -2.49. The van der Waals surface area contributed by atoms with E-state index >= 15 is 0 Å². The zero-order valence-corrected chi connectivity index (χ0v) is 13.9. The highest BCUT2D eigenvalue weighted by Gasteiger charge is 2.22. The molecule has 1 fully saturated rings. The summed E-state index contributed by atoms with van der Waals surface area (Å²) < 4.78 is 5.41. The molecule has 1 rings (SSSR count). The van der Waals surface area contributed by atoms with Crippen molar-refractivity contribution in [1.82, 2.24) is 10.2 Å². The Bertz CT molecular complexity index is 291. The van der Waals surface area contributed by atoms with E-state index in [0.717, 1.165) is 52.1 Å². The maximum Gasteiger partial charge on any atom is 0.221 e. The lowest BCUT2D eigenvalue weighted by atomic mass is 10.0. The van der Waals surface area contributed by atoms with Gasteiger partial charge in [-0.3, -0.25) is 9.69 Å². The fourth-order valence-electron chi connectivity index (χ4n) is 2.86. The summed E-state index contributed by atoms with van der Waals surface area (Å²) in [6, 6.07) is 0.391. The minimum absolute atomic E-state index is 0.0121. The number of morpholine rings is 1. The maximum absolute atomic E-state index is 12.0. The van der Waals surface area contributed by atoms with E-state index in [2.05, 4.69) is 31.0 Å². The molecule has 21 heavy (non-hydrogen) atoms. The van der Waals surface area contributed by atoms with Gasteiger partial charge in [0.1, 0.15) is 0 Å². The maximum atomic E-state index is 12.0. The second-order valence-electron chi connectivity index (χ2n) is 6.49. The summed E-state index contributed by atoms with van der Waals surface area (Å²) in [5, 5.41) is 3.07. The molecule has 0 radical (unpaired) electrons.